The molecule has 1 rings (SSSR count). The Labute approximate surface area is 101 Å². The Bertz CT molecular complexity index is 414. The molecule has 0 aliphatic heterocycles. The quantitative estimate of drug-likeness (QED) is 0.797. The minimum atomic E-state index is -0.505. The smallest absolute Gasteiger partial charge is 0.133 e. The van der Waals surface area contributed by atoms with Gasteiger partial charge < -0.3 is 0 Å². The van der Waals surface area contributed by atoms with E-state index < -0.39 is 5.92 Å². The predicted molar refractivity (Wildman–Crippen MR) is 63.7 cm³/mol. The number of rotatable bonds is 4. The molecule has 1 aromatic carbocycles. The third kappa shape index (κ3) is 3.93. The van der Waals surface area contributed by atoms with Crippen molar-refractivity contribution in [3.05, 3.63) is 34.9 Å². The molecule has 0 fully saturated rings. The van der Waals surface area contributed by atoms with Crippen molar-refractivity contribution in [1.29, 1.82) is 10.5 Å². The first-order valence-corrected chi connectivity index (χ1v) is 5.57. The summed E-state index contributed by atoms with van der Waals surface area (Å²) < 4.78 is 0. The second kappa shape index (κ2) is 6.16. The SMILES string of the molecule is CC(Cc1cccc(Cl)c1)CC(C#N)C#N. The molecule has 0 spiro atoms. The van der Waals surface area contributed by atoms with Crippen molar-refractivity contribution in [2.24, 2.45) is 11.8 Å². The number of nitriles is 2. The first-order chi connectivity index (χ1) is 7.65. The molecular formula is C13H13ClN2. The Morgan fingerprint density at radius 2 is 2.00 bits per heavy atom. The largest absolute Gasteiger partial charge is 0.197 e. The Balaban J connectivity index is 2.56. The molecule has 0 amide bonds. The lowest BCUT2D eigenvalue weighted by molar-refractivity contribution is 0.497. The zero-order valence-electron chi connectivity index (χ0n) is 9.15. The molecule has 0 saturated carbocycles. The van der Waals surface area contributed by atoms with Crippen molar-refractivity contribution in [1.82, 2.24) is 0 Å². The number of nitrogens with zero attached hydrogens (tertiary/aromatic N) is 2. The number of hydrogen-bond donors (Lipinski definition) is 0. The molecule has 0 N–H and O–H groups in total. The molecule has 0 aliphatic rings. The third-order valence-electron chi connectivity index (χ3n) is 2.42. The standard InChI is InChI=1S/C13H13ClN2/c1-10(6-12(8-15)9-16)5-11-3-2-4-13(14)7-11/h2-4,7,10,12H,5-6H2,1H3. The summed E-state index contributed by atoms with van der Waals surface area (Å²) in [5, 5.41) is 18.1. The summed E-state index contributed by atoms with van der Waals surface area (Å²) in [4.78, 5) is 0. The van der Waals surface area contributed by atoms with Crippen molar-refractivity contribution in [2.45, 2.75) is 19.8 Å². The lowest BCUT2D eigenvalue weighted by Crippen LogP contribution is -2.05. The Morgan fingerprint density at radius 1 is 1.31 bits per heavy atom. The molecule has 0 heterocycles. The summed E-state index contributed by atoms with van der Waals surface area (Å²) in [6, 6.07) is 11.7. The van der Waals surface area contributed by atoms with Crippen LogP contribution in [0.5, 0.6) is 0 Å². The van der Waals surface area contributed by atoms with E-state index in [0.717, 1.165) is 17.0 Å². The van der Waals surface area contributed by atoms with Crippen LogP contribution < -0.4 is 0 Å². The van der Waals surface area contributed by atoms with Crippen LogP contribution in [-0.2, 0) is 6.42 Å². The Morgan fingerprint density at radius 3 is 2.56 bits per heavy atom. The lowest BCUT2D eigenvalue weighted by atomic mass is 9.92. The number of benzene rings is 1. The minimum absolute atomic E-state index is 0.308. The highest BCUT2D eigenvalue weighted by atomic mass is 35.5. The summed E-state index contributed by atoms with van der Waals surface area (Å²) in [6.45, 7) is 2.04. The highest BCUT2D eigenvalue weighted by Crippen LogP contribution is 2.18. The van der Waals surface area contributed by atoms with Crippen LogP contribution in [-0.4, -0.2) is 0 Å². The van der Waals surface area contributed by atoms with Crippen molar-refractivity contribution in [2.75, 3.05) is 0 Å². The molecule has 1 unspecified atom stereocenters. The molecule has 0 saturated heterocycles. The van der Waals surface area contributed by atoms with Crippen LogP contribution in [0.2, 0.25) is 5.02 Å². The second-order valence-electron chi connectivity index (χ2n) is 3.99. The third-order valence-corrected chi connectivity index (χ3v) is 2.66. The Hall–Kier alpha value is -1.51. The van der Waals surface area contributed by atoms with Crippen LogP contribution in [0.3, 0.4) is 0 Å². The molecule has 0 aromatic heterocycles. The van der Waals surface area contributed by atoms with Gasteiger partial charge in [-0.25, -0.2) is 0 Å². The minimum Gasteiger partial charge on any atom is -0.197 e. The van der Waals surface area contributed by atoms with Crippen LogP contribution in [0.15, 0.2) is 24.3 Å². The van der Waals surface area contributed by atoms with E-state index in [9.17, 15) is 0 Å². The van der Waals surface area contributed by atoms with Gasteiger partial charge >= 0.3 is 0 Å². The van der Waals surface area contributed by atoms with Gasteiger partial charge in [-0.3, -0.25) is 0 Å². The summed E-state index contributed by atoms with van der Waals surface area (Å²) >= 11 is 5.88. The normalized spacial score (nSPS) is 11.8. The number of halogens is 1. The van der Waals surface area contributed by atoms with Gasteiger partial charge in [0.2, 0.25) is 0 Å². The molecule has 0 radical (unpaired) electrons. The highest BCUT2D eigenvalue weighted by Gasteiger charge is 2.12. The molecular weight excluding hydrogens is 220 g/mol. The average Bonchev–Trinajstić information content (AvgIpc) is 2.26. The summed E-state index contributed by atoms with van der Waals surface area (Å²) in [7, 11) is 0. The predicted octanol–water partition coefficient (Wildman–Crippen LogP) is 3.57. The van der Waals surface area contributed by atoms with Gasteiger partial charge in [0.25, 0.3) is 0 Å². The van der Waals surface area contributed by atoms with Gasteiger partial charge in [0.15, 0.2) is 0 Å². The zero-order chi connectivity index (χ0) is 12.0. The van der Waals surface area contributed by atoms with Crippen LogP contribution in [0.4, 0.5) is 0 Å². The lowest BCUT2D eigenvalue weighted by Gasteiger charge is -2.11. The molecule has 0 bridgehead atoms. The van der Waals surface area contributed by atoms with E-state index in [-0.39, 0.29) is 0 Å². The Kier molecular flexibility index (Phi) is 4.83. The maximum absolute atomic E-state index is 8.69. The fourth-order valence-corrected chi connectivity index (χ4v) is 1.90. The fraction of sp³-hybridized carbons (Fsp3) is 0.385. The van der Waals surface area contributed by atoms with Gasteiger partial charge in [0.1, 0.15) is 5.92 Å². The van der Waals surface area contributed by atoms with Gasteiger partial charge in [-0.15, -0.1) is 0 Å². The van der Waals surface area contributed by atoms with Crippen LogP contribution in [0.25, 0.3) is 0 Å². The molecule has 2 nitrogen and oxygen atoms in total. The molecule has 0 aliphatic carbocycles. The first kappa shape index (κ1) is 12.6. The highest BCUT2D eigenvalue weighted by molar-refractivity contribution is 6.30. The molecule has 1 atom stereocenters. The van der Waals surface area contributed by atoms with E-state index in [4.69, 9.17) is 22.1 Å². The van der Waals surface area contributed by atoms with E-state index in [1.54, 1.807) is 0 Å². The van der Waals surface area contributed by atoms with E-state index in [2.05, 4.69) is 0 Å². The van der Waals surface area contributed by atoms with Crippen LogP contribution in [0, 0.1) is 34.5 Å². The molecule has 82 valence electrons. The van der Waals surface area contributed by atoms with Gasteiger partial charge in [0.05, 0.1) is 12.1 Å². The molecule has 1 aromatic rings. The zero-order valence-corrected chi connectivity index (χ0v) is 9.91. The maximum Gasteiger partial charge on any atom is 0.133 e. The van der Waals surface area contributed by atoms with E-state index in [1.165, 1.54) is 0 Å². The van der Waals surface area contributed by atoms with Crippen molar-refractivity contribution in [3.8, 4) is 12.1 Å². The molecule has 3 heteroatoms. The van der Waals surface area contributed by atoms with Crippen molar-refractivity contribution >= 4 is 11.6 Å². The summed E-state index contributed by atoms with van der Waals surface area (Å²) in [5.74, 6) is -0.197. The van der Waals surface area contributed by atoms with Crippen LogP contribution >= 0.6 is 11.6 Å². The molecule has 16 heavy (non-hydrogen) atoms. The van der Waals surface area contributed by atoms with Crippen molar-refractivity contribution < 1.29 is 0 Å². The average molecular weight is 233 g/mol. The summed E-state index contributed by atoms with van der Waals surface area (Å²) in [6.07, 6.45) is 1.46. The van der Waals surface area contributed by atoms with E-state index in [1.807, 2.05) is 43.3 Å². The van der Waals surface area contributed by atoms with Gasteiger partial charge in [0, 0.05) is 5.02 Å². The van der Waals surface area contributed by atoms with Gasteiger partial charge in [-0.05, 0) is 36.5 Å². The second-order valence-corrected chi connectivity index (χ2v) is 4.42. The van der Waals surface area contributed by atoms with Crippen molar-refractivity contribution in [3.63, 3.8) is 0 Å². The van der Waals surface area contributed by atoms with Gasteiger partial charge in [-0.2, -0.15) is 10.5 Å². The van der Waals surface area contributed by atoms with Gasteiger partial charge in [-0.1, -0.05) is 30.7 Å². The topological polar surface area (TPSA) is 47.6 Å². The maximum atomic E-state index is 8.69. The monoisotopic (exact) mass is 232 g/mol. The summed E-state index contributed by atoms with van der Waals surface area (Å²) in [5.41, 5.74) is 1.15. The number of hydrogen-bond acceptors (Lipinski definition) is 2. The van der Waals surface area contributed by atoms with E-state index in [0.29, 0.717) is 12.3 Å². The fourth-order valence-electron chi connectivity index (χ4n) is 1.69. The van der Waals surface area contributed by atoms with Crippen LogP contribution in [0.1, 0.15) is 18.9 Å². The first-order valence-electron chi connectivity index (χ1n) is 5.19. The van der Waals surface area contributed by atoms with E-state index >= 15 is 0 Å².